The van der Waals surface area contributed by atoms with E-state index in [4.69, 9.17) is 4.74 Å². The van der Waals surface area contributed by atoms with Crippen LogP contribution in [0.25, 0.3) is 0 Å². The lowest BCUT2D eigenvalue weighted by molar-refractivity contribution is 0.244. The summed E-state index contributed by atoms with van der Waals surface area (Å²) < 4.78 is 17.2. The molecule has 23 heavy (non-hydrogen) atoms. The van der Waals surface area contributed by atoms with Crippen molar-refractivity contribution < 1.29 is 13.7 Å². The third-order valence-corrected chi connectivity index (χ3v) is 6.01. The zero-order chi connectivity index (χ0) is 16.8. The molecule has 2 amide bonds. The predicted octanol–water partition coefficient (Wildman–Crippen LogP) is 3.20. The van der Waals surface area contributed by atoms with E-state index in [1.54, 1.807) is 7.11 Å². The Hall–Kier alpha value is -1.56. The van der Waals surface area contributed by atoms with Crippen molar-refractivity contribution in [2.75, 3.05) is 18.2 Å². The first kappa shape index (κ1) is 17.8. The largest absolute Gasteiger partial charge is 0.496 e. The van der Waals surface area contributed by atoms with Crippen LogP contribution < -0.4 is 15.4 Å². The highest BCUT2D eigenvalue weighted by molar-refractivity contribution is 7.85. The molecule has 1 fully saturated rings. The van der Waals surface area contributed by atoms with Gasteiger partial charge in [0.25, 0.3) is 0 Å². The van der Waals surface area contributed by atoms with Gasteiger partial charge in [0.1, 0.15) is 5.75 Å². The molecular weight excluding hydrogens is 312 g/mol. The Kier molecular flexibility index (Phi) is 6.45. The molecule has 6 heteroatoms. The highest BCUT2D eigenvalue weighted by Crippen LogP contribution is 2.24. The molecule has 0 radical (unpaired) electrons. The molecule has 1 saturated carbocycles. The summed E-state index contributed by atoms with van der Waals surface area (Å²) in [5, 5.41) is 6.08. The van der Waals surface area contributed by atoms with Crippen molar-refractivity contribution >= 4 is 22.5 Å². The van der Waals surface area contributed by atoms with Gasteiger partial charge in [0.15, 0.2) is 0 Å². The minimum absolute atomic E-state index is 0.101. The highest BCUT2D eigenvalue weighted by atomic mass is 32.2. The Morgan fingerprint density at radius 3 is 2.83 bits per heavy atom. The smallest absolute Gasteiger partial charge is 0.319 e. The van der Waals surface area contributed by atoms with E-state index in [-0.39, 0.29) is 17.3 Å². The summed E-state index contributed by atoms with van der Waals surface area (Å²) >= 11 is 0. The Balaban J connectivity index is 1.89. The Labute approximate surface area is 140 Å². The van der Waals surface area contributed by atoms with Gasteiger partial charge in [-0.25, -0.2) is 4.79 Å². The normalized spacial score (nSPS) is 22.2. The molecule has 128 valence electrons. The lowest BCUT2D eigenvalue weighted by Crippen LogP contribution is -2.42. The van der Waals surface area contributed by atoms with E-state index < -0.39 is 10.8 Å². The fraction of sp³-hybridized carbons (Fsp3) is 0.588. The summed E-state index contributed by atoms with van der Waals surface area (Å²) in [4.78, 5) is 12.2. The van der Waals surface area contributed by atoms with Crippen molar-refractivity contribution in [3.8, 4) is 5.75 Å². The third kappa shape index (κ3) is 4.96. The van der Waals surface area contributed by atoms with Crippen molar-refractivity contribution in [2.24, 2.45) is 0 Å². The zero-order valence-electron chi connectivity index (χ0n) is 14.1. The molecule has 0 unspecified atom stereocenters. The molecule has 5 nitrogen and oxygen atoms in total. The Morgan fingerprint density at radius 2 is 2.17 bits per heavy atom. The van der Waals surface area contributed by atoms with Crippen LogP contribution in [0.3, 0.4) is 0 Å². The second kappa shape index (κ2) is 8.34. The molecule has 0 heterocycles. The van der Waals surface area contributed by atoms with Crippen LogP contribution in [0.5, 0.6) is 5.75 Å². The minimum atomic E-state index is -0.779. The number of rotatable bonds is 5. The fourth-order valence-corrected chi connectivity index (χ4v) is 4.41. The van der Waals surface area contributed by atoms with Crippen LogP contribution in [0, 0.1) is 6.92 Å². The van der Waals surface area contributed by atoms with Gasteiger partial charge in [0, 0.05) is 33.5 Å². The number of hydrogen-bond acceptors (Lipinski definition) is 3. The number of nitrogens with one attached hydrogen (secondary N) is 2. The van der Waals surface area contributed by atoms with Crippen LogP contribution in [0.2, 0.25) is 0 Å². The molecule has 0 aliphatic heterocycles. The molecule has 1 aliphatic rings. The molecule has 2 rings (SSSR count). The van der Waals surface area contributed by atoms with Gasteiger partial charge in [0.2, 0.25) is 0 Å². The molecule has 0 saturated heterocycles. The molecule has 0 aromatic heterocycles. The van der Waals surface area contributed by atoms with E-state index >= 15 is 0 Å². The molecule has 0 bridgehead atoms. The van der Waals surface area contributed by atoms with Crippen molar-refractivity contribution in [1.82, 2.24) is 5.32 Å². The number of urea groups is 1. The van der Waals surface area contributed by atoms with Crippen molar-refractivity contribution in [3.05, 3.63) is 23.8 Å². The quantitative estimate of drug-likeness (QED) is 0.866. The third-order valence-electron chi connectivity index (χ3n) is 4.27. The molecule has 1 aromatic rings. The summed E-state index contributed by atoms with van der Waals surface area (Å²) in [7, 11) is 0.848. The van der Waals surface area contributed by atoms with Gasteiger partial charge in [0.05, 0.1) is 7.11 Å². The monoisotopic (exact) mass is 338 g/mol. The van der Waals surface area contributed by atoms with E-state index in [9.17, 15) is 9.00 Å². The van der Waals surface area contributed by atoms with Crippen LogP contribution in [-0.2, 0) is 10.8 Å². The average Bonchev–Trinajstić information content (AvgIpc) is 2.54. The molecule has 0 spiro atoms. The first-order chi connectivity index (χ1) is 11.0. The van der Waals surface area contributed by atoms with E-state index in [1.165, 1.54) is 0 Å². The van der Waals surface area contributed by atoms with Crippen molar-refractivity contribution in [1.29, 1.82) is 0 Å². The van der Waals surface area contributed by atoms with Gasteiger partial charge in [-0.05, 0) is 49.9 Å². The fourth-order valence-electron chi connectivity index (χ4n) is 3.06. The SMILES string of the molecule is CC[S@@](=O)[C@H]1CCC[C@H](NC(=O)Nc2ccc(OC)c(C)c2)C1. The minimum Gasteiger partial charge on any atom is -0.496 e. The number of carbonyl (C=O) groups excluding carboxylic acids is 1. The number of amides is 2. The first-order valence-electron chi connectivity index (χ1n) is 8.12. The number of carbonyl (C=O) groups is 1. The molecule has 3 atom stereocenters. The molecule has 1 aliphatic carbocycles. The summed E-state index contributed by atoms with van der Waals surface area (Å²) in [5.41, 5.74) is 1.71. The van der Waals surface area contributed by atoms with E-state index in [2.05, 4.69) is 10.6 Å². The van der Waals surface area contributed by atoms with E-state index in [0.717, 1.165) is 42.7 Å². The topological polar surface area (TPSA) is 67.4 Å². The van der Waals surface area contributed by atoms with Gasteiger partial charge < -0.3 is 15.4 Å². The van der Waals surface area contributed by atoms with Crippen LogP contribution >= 0.6 is 0 Å². The second-order valence-corrected chi connectivity index (χ2v) is 7.94. The van der Waals surface area contributed by atoms with Crippen LogP contribution in [0.4, 0.5) is 10.5 Å². The summed E-state index contributed by atoms with van der Waals surface area (Å²) in [6.45, 7) is 3.89. The number of ether oxygens (including phenoxy) is 1. The first-order valence-corrected chi connectivity index (χ1v) is 9.51. The van der Waals surface area contributed by atoms with Gasteiger partial charge in [-0.3, -0.25) is 4.21 Å². The van der Waals surface area contributed by atoms with Crippen molar-refractivity contribution in [3.63, 3.8) is 0 Å². The summed E-state index contributed by atoms with van der Waals surface area (Å²) in [6.07, 6.45) is 3.77. The van der Waals surface area contributed by atoms with E-state index in [0.29, 0.717) is 5.75 Å². The van der Waals surface area contributed by atoms with Gasteiger partial charge in [-0.15, -0.1) is 0 Å². The maximum Gasteiger partial charge on any atom is 0.319 e. The lowest BCUT2D eigenvalue weighted by atomic mass is 9.95. The average molecular weight is 338 g/mol. The summed E-state index contributed by atoms with van der Waals surface area (Å²) in [6, 6.07) is 5.44. The standard InChI is InChI=1S/C17H26N2O3S/c1-4-23(21)15-7-5-6-13(11-15)18-17(20)19-14-8-9-16(22-3)12(2)10-14/h8-10,13,15H,4-7,11H2,1-3H3,(H2,18,19,20)/t13-,15-,23+/m0/s1. The second-order valence-electron chi connectivity index (χ2n) is 5.94. The number of benzene rings is 1. The van der Waals surface area contributed by atoms with Gasteiger partial charge in [-0.2, -0.15) is 0 Å². The summed E-state index contributed by atoms with van der Waals surface area (Å²) in [5.74, 6) is 1.49. The molecule has 2 N–H and O–H groups in total. The number of hydrogen-bond donors (Lipinski definition) is 2. The van der Waals surface area contributed by atoms with Crippen molar-refractivity contribution in [2.45, 2.75) is 50.8 Å². The molecular formula is C17H26N2O3S. The number of methoxy groups -OCH3 is 1. The van der Waals surface area contributed by atoms with Gasteiger partial charge >= 0.3 is 6.03 Å². The van der Waals surface area contributed by atoms with Crippen LogP contribution in [0.1, 0.15) is 38.2 Å². The van der Waals surface area contributed by atoms with Gasteiger partial charge in [-0.1, -0.05) is 13.3 Å². The highest BCUT2D eigenvalue weighted by Gasteiger charge is 2.26. The maximum absolute atomic E-state index is 12.2. The zero-order valence-corrected chi connectivity index (χ0v) is 14.9. The van der Waals surface area contributed by atoms with Crippen LogP contribution in [0.15, 0.2) is 18.2 Å². The Bertz CT molecular complexity index is 577. The van der Waals surface area contributed by atoms with E-state index in [1.807, 2.05) is 32.0 Å². The molecule has 1 aromatic carbocycles. The number of aryl methyl sites for hydroxylation is 1. The lowest BCUT2D eigenvalue weighted by Gasteiger charge is -2.29. The maximum atomic E-state index is 12.2. The predicted molar refractivity (Wildman–Crippen MR) is 94.6 cm³/mol. The number of anilines is 1. The Morgan fingerprint density at radius 1 is 1.39 bits per heavy atom. The van der Waals surface area contributed by atoms with Crippen LogP contribution in [-0.4, -0.2) is 34.4 Å².